The number of aliphatic carboxylic acids is 1. The van der Waals surface area contributed by atoms with Crippen LogP contribution < -0.4 is 10.9 Å². The van der Waals surface area contributed by atoms with Crippen LogP contribution in [0.5, 0.6) is 0 Å². The molecule has 0 bridgehead atoms. The monoisotopic (exact) mass is 302 g/mol. The molecule has 6 nitrogen and oxygen atoms in total. The molecule has 112 valence electrons. The molecule has 1 atom stereocenters. The summed E-state index contributed by atoms with van der Waals surface area (Å²) in [7, 11) is 0. The van der Waals surface area contributed by atoms with E-state index < -0.39 is 40.9 Å². The van der Waals surface area contributed by atoms with Gasteiger partial charge in [0.05, 0.1) is 0 Å². The molecule has 0 saturated carbocycles. The molecule has 0 aliphatic rings. The number of rotatable bonds is 4. The lowest BCUT2D eigenvalue weighted by Crippen LogP contribution is -2.42. The largest absolute Gasteiger partial charge is 0.480 e. The van der Waals surface area contributed by atoms with E-state index in [0.29, 0.717) is 12.1 Å². The minimum Gasteiger partial charge on any atom is -0.480 e. The number of nitrogens with one attached hydrogen (secondary N) is 2. The maximum Gasteiger partial charge on any atom is 0.431 e. The molecule has 1 amide bonds. The average Bonchev–Trinajstić information content (AvgIpc) is 2.36. The van der Waals surface area contributed by atoms with E-state index in [1.807, 2.05) is 11.2 Å². The first-order valence-corrected chi connectivity index (χ1v) is 5.44. The van der Waals surface area contributed by atoms with Gasteiger partial charge in [0.15, 0.2) is 0 Å². The zero-order valence-electron chi connectivity index (χ0n) is 10.3. The number of carboxylic acid groups (broad SMARTS) is 1. The third-order valence-electron chi connectivity index (χ3n) is 2.38. The molecule has 0 radical (unpaired) electrons. The minimum absolute atomic E-state index is 0.334. The van der Waals surface area contributed by atoms with Crippen LogP contribution in [0.1, 0.15) is 22.5 Å². The second-order valence-corrected chi connectivity index (χ2v) is 3.89. The number of pyridine rings is 1. The van der Waals surface area contributed by atoms with Gasteiger partial charge in [-0.2, -0.15) is 13.2 Å². The molecule has 3 N–H and O–H groups in total. The Morgan fingerprint density at radius 1 is 1.43 bits per heavy atom. The fraction of sp³-hybridized carbons (Fsp3) is 0.250. The smallest absolute Gasteiger partial charge is 0.431 e. The first-order valence-electron chi connectivity index (χ1n) is 5.44. The number of aromatic amines is 1. The van der Waals surface area contributed by atoms with Gasteiger partial charge in [-0.25, -0.2) is 4.79 Å². The second kappa shape index (κ2) is 6.13. The van der Waals surface area contributed by atoms with E-state index in [4.69, 9.17) is 11.5 Å². The summed E-state index contributed by atoms with van der Waals surface area (Å²) in [5.41, 5.74) is -3.25. The maximum absolute atomic E-state index is 12.3. The highest BCUT2D eigenvalue weighted by Gasteiger charge is 2.32. The van der Waals surface area contributed by atoms with Crippen LogP contribution in [0.15, 0.2) is 16.9 Å². The average molecular weight is 302 g/mol. The van der Waals surface area contributed by atoms with Crippen molar-refractivity contribution in [2.75, 3.05) is 0 Å². The van der Waals surface area contributed by atoms with Crippen LogP contribution in [0.2, 0.25) is 0 Å². The van der Waals surface area contributed by atoms with Gasteiger partial charge in [0.25, 0.3) is 11.5 Å². The van der Waals surface area contributed by atoms with Gasteiger partial charge >= 0.3 is 12.1 Å². The first-order chi connectivity index (χ1) is 9.66. The second-order valence-electron chi connectivity index (χ2n) is 3.89. The fourth-order valence-electron chi connectivity index (χ4n) is 1.37. The van der Waals surface area contributed by atoms with Gasteiger partial charge in [-0.15, -0.1) is 12.3 Å². The Labute approximate surface area is 116 Å². The van der Waals surface area contributed by atoms with Crippen LogP contribution in [-0.4, -0.2) is 28.0 Å². The van der Waals surface area contributed by atoms with Crippen LogP contribution in [0.25, 0.3) is 0 Å². The number of carbonyl (C=O) groups excluding carboxylic acids is 1. The van der Waals surface area contributed by atoms with Crippen molar-refractivity contribution in [2.45, 2.75) is 18.6 Å². The standard InChI is InChI=1S/C12H9F3N2O4/c1-2-3-7(11(20)21)16-9(18)6-4-5-8(12(13,14)15)17-10(6)19/h1,4-5,7H,3H2,(H,16,18)(H,17,19)(H,20,21). The molecular weight excluding hydrogens is 293 g/mol. The van der Waals surface area contributed by atoms with Gasteiger partial charge in [-0.05, 0) is 12.1 Å². The number of amides is 1. The molecular formula is C12H9F3N2O4. The predicted molar refractivity (Wildman–Crippen MR) is 64.4 cm³/mol. The number of carboxylic acids is 1. The van der Waals surface area contributed by atoms with E-state index in [1.165, 1.54) is 4.98 Å². The Bertz CT molecular complexity index is 658. The molecule has 9 heteroatoms. The minimum atomic E-state index is -4.76. The number of H-pyrrole nitrogens is 1. The van der Waals surface area contributed by atoms with Crippen molar-refractivity contribution in [1.82, 2.24) is 10.3 Å². The van der Waals surface area contributed by atoms with Gasteiger partial charge in [0.1, 0.15) is 17.3 Å². The van der Waals surface area contributed by atoms with Crippen molar-refractivity contribution in [2.24, 2.45) is 0 Å². The molecule has 0 fully saturated rings. The Morgan fingerprint density at radius 2 is 2.05 bits per heavy atom. The molecule has 0 aromatic carbocycles. The number of aromatic nitrogens is 1. The zero-order chi connectivity index (χ0) is 16.2. The highest BCUT2D eigenvalue weighted by molar-refractivity contribution is 5.96. The Kier molecular flexibility index (Phi) is 4.75. The van der Waals surface area contributed by atoms with Crippen molar-refractivity contribution < 1.29 is 27.9 Å². The van der Waals surface area contributed by atoms with E-state index in [9.17, 15) is 27.6 Å². The topological polar surface area (TPSA) is 99.3 Å². The molecule has 1 aromatic heterocycles. The zero-order valence-corrected chi connectivity index (χ0v) is 10.3. The predicted octanol–water partition coefficient (Wildman–Crippen LogP) is 0.600. The number of halogens is 3. The lowest BCUT2D eigenvalue weighted by molar-refractivity contribution is -0.141. The molecule has 0 saturated heterocycles. The van der Waals surface area contributed by atoms with E-state index in [-0.39, 0.29) is 6.42 Å². The van der Waals surface area contributed by atoms with Crippen molar-refractivity contribution in [3.05, 3.63) is 33.7 Å². The molecule has 0 aliphatic carbocycles. The quantitative estimate of drug-likeness (QED) is 0.709. The van der Waals surface area contributed by atoms with Gasteiger partial charge in [0, 0.05) is 6.42 Å². The molecule has 1 aromatic rings. The highest BCUT2D eigenvalue weighted by Crippen LogP contribution is 2.26. The van der Waals surface area contributed by atoms with Gasteiger partial charge < -0.3 is 15.4 Å². The SMILES string of the molecule is C#CCC(NC(=O)c1ccc(C(F)(F)F)[nH]c1=O)C(=O)O. The lowest BCUT2D eigenvalue weighted by Gasteiger charge is -2.12. The molecule has 1 heterocycles. The van der Waals surface area contributed by atoms with E-state index in [2.05, 4.69) is 0 Å². The fourth-order valence-corrected chi connectivity index (χ4v) is 1.37. The summed E-state index contributed by atoms with van der Waals surface area (Å²) in [5, 5.41) is 10.7. The summed E-state index contributed by atoms with van der Waals surface area (Å²) in [4.78, 5) is 35.4. The molecule has 21 heavy (non-hydrogen) atoms. The third kappa shape index (κ3) is 4.10. The van der Waals surface area contributed by atoms with Crippen LogP contribution in [0, 0.1) is 12.3 Å². The number of alkyl halides is 3. The van der Waals surface area contributed by atoms with E-state index in [1.54, 1.807) is 0 Å². The Hall–Kier alpha value is -2.76. The highest BCUT2D eigenvalue weighted by atomic mass is 19.4. The van der Waals surface area contributed by atoms with Crippen LogP contribution in [0.4, 0.5) is 13.2 Å². The van der Waals surface area contributed by atoms with Crippen LogP contribution in [-0.2, 0) is 11.0 Å². The number of hydrogen-bond acceptors (Lipinski definition) is 3. The van der Waals surface area contributed by atoms with Gasteiger partial charge in [0.2, 0.25) is 0 Å². The number of hydrogen-bond donors (Lipinski definition) is 3. The normalized spacial score (nSPS) is 12.3. The molecule has 0 spiro atoms. The first kappa shape index (κ1) is 16.3. The van der Waals surface area contributed by atoms with Crippen LogP contribution >= 0.6 is 0 Å². The van der Waals surface area contributed by atoms with Crippen molar-refractivity contribution in [1.29, 1.82) is 0 Å². The lowest BCUT2D eigenvalue weighted by atomic mass is 10.2. The molecule has 1 unspecified atom stereocenters. The summed E-state index contributed by atoms with van der Waals surface area (Å²) in [6, 6.07) is -0.275. The van der Waals surface area contributed by atoms with Crippen molar-refractivity contribution >= 4 is 11.9 Å². The van der Waals surface area contributed by atoms with E-state index in [0.717, 1.165) is 0 Å². The van der Waals surface area contributed by atoms with Crippen molar-refractivity contribution in [3.8, 4) is 12.3 Å². The summed E-state index contributed by atoms with van der Waals surface area (Å²) in [6.07, 6.45) is -0.175. The third-order valence-corrected chi connectivity index (χ3v) is 2.38. The summed E-state index contributed by atoms with van der Waals surface area (Å²) in [5.74, 6) is -0.539. The number of carbonyl (C=O) groups is 2. The number of terminal acetylenes is 1. The van der Waals surface area contributed by atoms with Crippen molar-refractivity contribution in [3.63, 3.8) is 0 Å². The van der Waals surface area contributed by atoms with Gasteiger partial charge in [-0.3, -0.25) is 9.59 Å². The molecule has 1 rings (SSSR count). The molecule has 0 aliphatic heterocycles. The summed E-state index contributed by atoms with van der Waals surface area (Å²) >= 11 is 0. The van der Waals surface area contributed by atoms with Crippen LogP contribution in [0.3, 0.4) is 0 Å². The Morgan fingerprint density at radius 3 is 2.48 bits per heavy atom. The van der Waals surface area contributed by atoms with Gasteiger partial charge in [-0.1, -0.05) is 0 Å². The Balaban J connectivity index is 3.02. The maximum atomic E-state index is 12.3. The summed E-state index contributed by atoms with van der Waals surface area (Å²) < 4.78 is 37.0. The van der Waals surface area contributed by atoms with E-state index >= 15 is 0 Å². The summed E-state index contributed by atoms with van der Waals surface area (Å²) in [6.45, 7) is 0.